The molecule has 1 aliphatic rings. The van der Waals surface area contributed by atoms with Crippen molar-refractivity contribution in [3.8, 4) is 45.5 Å². The van der Waals surface area contributed by atoms with Crippen molar-refractivity contribution in [3.63, 3.8) is 0 Å². The number of allylic oxidation sites excluding steroid dienone is 4. The SMILES string of the molecule is C1=CC(c2c3c(c(-c4ccccc4)c4c5ccccc5n(-c5nc(-c6ccccc6)nc(-c6ccccc6)n5)c24)c2ccccc2n3-c2ccccc2)=CCC1. The van der Waals surface area contributed by atoms with Crippen LogP contribution in [0.1, 0.15) is 18.4 Å². The molecule has 0 spiro atoms. The number of hydrogen-bond acceptors (Lipinski definition) is 3. The van der Waals surface area contributed by atoms with Gasteiger partial charge in [0.2, 0.25) is 5.95 Å². The van der Waals surface area contributed by atoms with E-state index in [1.807, 2.05) is 36.4 Å². The molecule has 0 saturated carbocycles. The summed E-state index contributed by atoms with van der Waals surface area (Å²) >= 11 is 0. The Morgan fingerprint density at radius 3 is 1.45 bits per heavy atom. The van der Waals surface area contributed by atoms with Gasteiger partial charge in [-0.1, -0.05) is 164 Å². The van der Waals surface area contributed by atoms with Crippen LogP contribution in [0.3, 0.4) is 0 Å². The summed E-state index contributed by atoms with van der Waals surface area (Å²) in [5.74, 6) is 1.83. The average molecular weight is 718 g/mol. The molecule has 0 atom stereocenters. The second kappa shape index (κ2) is 13.2. The Balaban J connectivity index is 1.42. The first-order valence-corrected chi connectivity index (χ1v) is 19.2. The van der Waals surface area contributed by atoms with Gasteiger partial charge in [0.15, 0.2) is 11.6 Å². The molecule has 3 aromatic heterocycles. The number of rotatable bonds is 6. The van der Waals surface area contributed by atoms with E-state index < -0.39 is 0 Å². The number of benzene rings is 7. The summed E-state index contributed by atoms with van der Waals surface area (Å²) in [4.78, 5) is 15.8. The topological polar surface area (TPSA) is 48.5 Å². The van der Waals surface area contributed by atoms with Gasteiger partial charge in [0.25, 0.3) is 0 Å². The minimum atomic E-state index is 0.575. The van der Waals surface area contributed by atoms with Crippen molar-refractivity contribution in [2.75, 3.05) is 0 Å². The van der Waals surface area contributed by atoms with Gasteiger partial charge in [-0.25, -0.2) is 4.98 Å². The van der Waals surface area contributed by atoms with Gasteiger partial charge < -0.3 is 4.57 Å². The second-order valence-corrected chi connectivity index (χ2v) is 14.3. The van der Waals surface area contributed by atoms with Gasteiger partial charge in [0, 0.05) is 49.5 Å². The van der Waals surface area contributed by atoms with Gasteiger partial charge in [0.1, 0.15) is 0 Å². The summed E-state index contributed by atoms with van der Waals surface area (Å²) in [7, 11) is 0. The lowest BCUT2D eigenvalue weighted by Gasteiger charge is -2.20. The molecule has 3 heterocycles. The van der Waals surface area contributed by atoms with Gasteiger partial charge in [-0.15, -0.1) is 0 Å². The maximum atomic E-state index is 5.36. The summed E-state index contributed by atoms with van der Waals surface area (Å²) in [6.45, 7) is 0. The van der Waals surface area contributed by atoms with Crippen molar-refractivity contribution in [2.45, 2.75) is 12.8 Å². The first-order chi connectivity index (χ1) is 27.8. The number of hydrogen-bond donors (Lipinski definition) is 0. The molecule has 11 rings (SSSR count). The van der Waals surface area contributed by atoms with Crippen LogP contribution in [0.15, 0.2) is 188 Å². The normalized spacial score (nSPS) is 12.9. The third kappa shape index (κ3) is 5.05. The van der Waals surface area contributed by atoms with Crippen LogP contribution in [0.5, 0.6) is 0 Å². The average Bonchev–Trinajstić information content (AvgIpc) is 3.80. The van der Waals surface area contributed by atoms with Crippen LogP contribution < -0.4 is 0 Å². The Kier molecular flexibility index (Phi) is 7.56. The summed E-state index contributed by atoms with van der Waals surface area (Å²) in [5.41, 5.74) is 12.1. The standard InChI is InChI=1S/C51H35N5/c1-6-20-34(21-7-1)43-45-39-30-16-18-32-41(39)55(38-28-14-5-15-29-38)47(45)44(35-22-8-2-9-23-35)48-46(43)40-31-17-19-33-42(40)56(48)51-53-49(36-24-10-3-11-25-36)52-50(54-51)37-26-12-4-13-27-37/h1,3-8,10-33H,2,9H2. The van der Waals surface area contributed by atoms with Crippen LogP contribution >= 0.6 is 0 Å². The van der Waals surface area contributed by atoms with E-state index in [0.717, 1.165) is 68.2 Å². The van der Waals surface area contributed by atoms with Gasteiger partial charge in [0.05, 0.1) is 22.1 Å². The van der Waals surface area contributed by atoms with Crippen molar-refractivity contribution in [1.82, 2.24) is 24.1 Å². The first kappa shape index (κ1) is 32.1. The highest BCUT2D eigenvalue weighted by atomic mass is 15.2. The third-order valence-corrected chi connectivity index (χ3v) is 11.0. The van der Waals surface area contributed by atoms with E-state index in [9.17, 15) is 0 Å². The Morgan fingerprint density at radius 2 is 0.893 bits per heavy atom. The summed E-state index contributed by atoms with van der Waals surface area (Å²) in [5, 5.41) is 4.76. The van der Waals surface area contributed by atoms with Crippen LogP contribution in [0.25, 0.3) is 94.7 Å². The molecule has 0 saturated heterocycles. The highest BCUT2D eigenvalue weighted by Crippen LogP contribution is 2.51. The first-order valence-electron chi connectivity index (χ1n) is 19.2. The van der Waals surface area contributed by atoms with Crippen LogP contribution in [-0.4, -0.2) is 24.1 Å². The molecule has 5 nitrogen and oxygen atoms in total. The molecule has 0 fully saturated rings. The van der Waals surface area contributed by atoms with E-state index >= 15 is 0 Å². The largest absolute Gasteiger partial charge is 0.309 e. The van der Waals surface area contributed by atoms with E-state index in [0.29, 0.717) is 17.6 Å². The van der Waals surface area contributed by atoms with Crippen molar-refractivity contribution >= 4 is 49.2 Å². The molecule has 7 aromatic carbocycles. The summed E-state index contributed by atoms with van der Waals surface area (Å²) in [6.07, 6.45) is 9.00. The molecule has 0 radical (unpaired) electrons. The Hall–Kier alpha value is -7.37. The maximum absolute atomic E-state index is 5.36. The monoisotopic (exact) mass is 717 g/mol. The van der Waals surface area contributed by atoms with Crippen LogP contribution in [0.4, 0.5) is 0 Å². The molecule has 10 aromatic rings. The Morgan fingerprint density at radius 1 is 0.411 bits per heavy atom. The lowest BCUT2D eigenvalue weighted by Crippen LogP contribution is -2.08. The summed E-state index contributed by atoms with van der Waals surface area (Å²) in [6, 6.07) is 59.7. The van der Waals surface area contributed by atoms with Crippen LogP contribution in [0, 0.1) is 0 Å². The highest BCUT2D eigenvalue weighted by molar-refractivity contribution is 6.32. The fraction of sp³-hybridized carbons (Fsp3) is 0.0392. The fourth-order valence-electron chi connectivity index (χ4n) is 8.61. The molecule has 0 bridgehead atoms. The molecule has 0 amide bonds. The Bertz CT molecular complexity index is 3100. The van der Waals surface area contributed by atoms with Gasteiger partial charge in [-0.3, -0.25) is 4.57 Å². The minimum Gasteiger partial charge on any atom is -0.309 e. The zero-order valence-electron chi connectivity index (χ0n) is 30.5. The highest BCUT2D eigenvalue weighted by Gasteiger charge is 2.30. The summed E-state index contributed by atoms with van der Waals surface area (Å²) < 4.78 is 4.78. The Labute approximate surface area is 324 Å². The van der Waals surface area contributed by atoms with E-state index in [4.69, 9.17) is 15.0 Å². The number of para-hydroxylation sites is 3. The van der Waals surface area contributed by atoms with E-state index in [1.165, 1.54) is 27.3 Å². The molecular weight excluding hydrogens is 683 g/mol. The van der Waals surface area contributed by atoms with E-state index in [2.05, 4.69) is 161 Å². The second-order valence-electron chi connectivity index (χ2n) is 14.3. The van der Waals surface area contributed by atoms with Gasteiger partial charge in [-0.2, -0.15) is 9.97 Å². The molecule has 5 heteroatoms. The minimum absolute atomic E-state index is 0.575. The molecule has 0 aliphatic heterocycles. The zero-order chi connectivity index (χ0) is 37.0. The molecule has 0 N–H and O–H groups in total. The third-order valence-electron chi connectivity index (χ3n) is 11.0. The van der Waals surface area contributed by atoms with Crippen LogP contribution in [0.2, 0.25) is 0 Å². The van der Waals surface area contributed by atoms with Gasteiger partial charge in [-0.05, 0) is 48.2 Å². The fourth-order valence-corrected chi connectivity index (χ4v) is 8.61. The number of aromatic nitrogens is 5. The number of fused-ring (bicyclic) bond motifs is 6. The van der Waals surface area contributed by atoms with Crippen molar-refractivity contribution in [2.24, 2.45) is 0 Å². The molecule has 1 aliphatic carbocycles. The predicted octanol–water partition coefficient (Wildman–Crippen LogP) is 12.8. The maximum Gasteiger partial charge on any atom is 0.238 e. The quantitative estimate of drug-likeness (QED) is 0.172. The van der Waals surface area contributed by atoms with E-state index in [1.54, 1.807) is 0 Å². The zero-order valence-corrected chi connectivity index (χ0v) is 30.5. The predicted molar refractivity (Wildman–Crippen MR) is 231 cm³/mol. The van der Waals surface area contributed by atoms with Crippen molar-refractivity contribution < 1.29 is 0 Å². The molecule has 264 valence electrons. The molecule has 56 heavy (non-hydrogen) atoms. The molecular formula is C51H35N5. The van der Waals surface area contributed by atoms with Crippen molar-refractivity contribution in [1.29, 1.82) is 0 Å². The van der Waals surface area contributed by atoms with Crippen molar-refractivity contribution in [3.05, 3.63) is 194 Å². The van der Waals surface area contributed by atoms with Gasteiger partial charge >= 0.3 is 0 Å². The van der Waals surface area contributed by atoms with Crippen LogP contribution in [-0.2, 0) is 0 Å². The molecule has 0 unspecified atom stereocenters. The smallest absolute Gasteiger partial charge is 0.238 e. The lowest BCUT2D eigenvalue weighted by molar-refractivity contribution is 0.952. The van der Waals surface area contributed by atoms with E-state index in [-0.39, 0.29) is 0 Å². The lowest BCUT2D eigenvalue weighted by atomic mass is 9.88. The number of nitrogens with zero attached hydrogens (tertiary/aromatic N) is 5.